The predicted octanol–water partition coefficient (Wildman–Crippen LogP) is 3.92. The molecule has 0 atom stereocenters. The standard InChI is InChI=1S/C20H12BrF4N3O3/c21-16-15-14(6-8-27-18(15)29)28(31-19(30)20(23,24)25)17(16)10-5-7-26-13(9-10)11-3-1-2-4-12(11)22/h1-5,7,9H,6,8H2,(H,27,29). The molecule has 2 aromatic heterocycles. The van der Waals surface area contributed by atoms with E-state index in [1.807, 2.05) is 0 Å². The van der Waals surface area contributed by atoms with Gasteiger partial charge in [-0.05, 0) is 40.2 Å². The first-order valence-corrected chi connectivity index (χ1v) is 9.70. The zero-order valence-corrected chi connectivity index (χ0v) is 17.1. The lowest BCUT2D eigenvalue weighted by atomic mass is 10.1. The Bertz CT molecular complexity index is 1210. The molecule has 11 heteroatoms. The van der Waals surface area contributed by atoms with E-state index in [1.54, 1.807) is 6.07 Å². The minimum atomic E-state index is -5.24. The third-order valence-corrected chi connectivity index (χ3v) is 5.40. The van der Waals surface area contributed by atoms with E-state index in [0.29, 0.717) is 4.73 Å². The Labute approximate surface area is 180 Å². The van der Waals surface area contributed by atoms with Gasteiger partial charge in [-0.25, -0.2) is 9.18 Å². The summed E-state index contributed by atoms with van der Waals surface area (Å²) in [7, 11) is 0. The van der Waals surface area contributed by atoms with Gasteiger partial charge < -0.3 is 10.2 Å². The number of aromatic nitrogens is 2. The van der Waals surface area contributed by atoms with Crippen molar-refractivity contribution in [2.75, 3.05) is 6.54 Å². The number of nitrogens with zero attached hydrogens (tertiary/aromatic N) is 2. The van der Waals surface area contributed by atoms with Gasteiger partial charge in [-0.2, -0.15) is 17.9 Å². The number of nitrogens with one attached hydrogen (secondary N) is 1. The number of rotatable bonds is 3. The van der Waals surface area contributed by atoms with Crippen molar-refractivity contribution in [3.8, 4) is 22.5 Å². The van der Waals surface area contributed by atoms with Crippen LogP contribution in [-0.4, -0.2) is 34.3 Å². The molecule has 0 unspecified atom stereocenters. The lowest BCUT2D eigenvalue weighted by Gasteiger charge is -2.17. The maximum Gasteiger partial charge on any atom is 0.493 e. The van der Waals surface area contributed by atoms with Crippen LogP contribution in [0.1, 0.15) is 16.1 Å². The van der Waals surface area contributed by atoms with Crippen molar-refractivity contribution >= 4 is 27.8 Å². The number of carbonyl (C=O) groups is 2. The van der Waals surface area contributed by atoms with Crippen LogP contribution >= 0.6 is 15.9 Å². The maximum atomic E-state index is 14.2. The average molecular weight is 498 g/mol. The lowest BCUT2D eigenvalue weighted by Crippen LogP contribution is -2.37. The Morgan fingerprint density at radius 1 is 1.23 bits per heavy atom. The molecule has 0 bridgehead atoms. The fraction of sp³-hybridized carbons (Fsp3) is 0.150. The number of alkyl halides is 3. The van der Waals surface area contributed by atoms with Crippen molar-refractivity contribution in [1.82, 2.24) is 15.0 Å². The summed E-state index contributed by atoms with van der Waals surface area (Å²) in [6.45, 7) is 0.155. The molecule has 4 rings (SSSR count). The molecule has 1 aromatic carbocycles. The third kappa shape index (κ3) is 3.80. The van der Waals surface area contributed by atoms with Crippen molar-refractivity contribution in [3.63, 3.8) is 0 Å². The summed E-state index contributed by atoms with van der Waals surface area (Å²) in [6, 6.07) is 8.74. The van der Waals surface area contributed by atoms with Crippen molar-refractivity contribution < 1.29 is 32.0 Å². The fourth-order valence-electron chi connectivity index (χ4n) is 3.28. The largest absolute Gasteiger partial charge is 0.493 e. The maximum absolute atomic E-state index is 14.2. The number of fused-ring (bicyclic) bond motifs is 1. The molecule has 160 valence electrons. The van der Waals surface area contributed by atoms with Gasteiger partial charge in [0.25, 0.3) is 5.91 Å². The fourth-order valence-corrected chi connectivity index (χ4v) is 4.08. The zero-order valence-electron chi connectivity index (χ0n) is 15.5. The smallest absolute Gasteiger partial charge is 0.352 e. The highest BCUT2D eigenvalue weighted by molar-refractivity contribution is 9.10. The van der Waals surface area contributed by atoms with E-state index < -0.39 is 23.9 Å². The Morgan fingerprint density at radius 2 is 1.97 bits per heavy atom. The molecule has 1 aliphatic rings. The Balaban J connectivity index is 1.91. The van der Waals surface area contributed by atoms with Crippen LogP contribution in [0, 0.1) is 5.82 Å². The van der Waals surface area contributed by atoms with Gasteiger partial charge >= 0.3 is 12.1 Å². The first-order chi connectivity index (χ1) is 14.7. The van der Waals surface area contributed by atoms with Crippen LogP contribution < -0.4 is 10.2 Å². The second-order valence-electron chi connectivity index (χ2n) is 6.57. The van der Waals surface area contributed by atoms with Gasteiger partial charge in [0.05, 0.1) is 21.4 Å². The summed E-state index contributed by atoms with van der Waals surface area (Å²) in [5, 5.41) is 2.59. The number of benzene rings is 1. The van der Waals surface area contributed by atoms with E-state index in [4.69, 9.17) is 0 Å². The molecule has 1 aliphatic heterocycles. The van der Waals surface area contributed by atoms with Gasteiger partial charge in [-0.3, -0.25) is 9.78 Å². The Morgan fingerprint density at radius 3 is 2.68 bits per heavy atom. The van der Waals surface area contributed by atoms with E-state index in [9.17, 15) is 27.2 Å². The molecule has 0 fully saturated rings. The van der Waals surface area contributed by atoms with Crippen LogP contribution in [0.2, 0.25) is 0 Å². The van der Waals surface area contributed by atoms with Gasteiger partial charge in [-0.1, -0.05) is 12.1 Å². The first-order valence-electron chi connectivity index (χ1n) is 8.90. The van der Waals surface area contributed by atoms with Crippen molar-refractivity contribution in [2.45, 2.75) is 12.6 Å². The number of pyridine rings is 1. The highest BCUT2D eigenvalue weighted by Gasteiger charge is 2.43. The average Bonchev–Trinajstić information content (AvgIpc) is 3.00. The molecule has 0 saturated carbocycles. The minimum Gasteiger partial charge on any atom is -0.352 e. The highest BCUT2D eigenvalue weighted by Crippen LogP contribution is 2.38. The molecule has 0 spiro atoms. The summed E-state index contributed by atoms with van der Waals surface area (Å²) in [6.07, 6.45) is -3.77. The van der Waals surface area contributed by atoms with Crippen molar-refractivity contribution in [3.05, 3.63) is 64.1 Å². The second-order valence-corrected chi connectivity index (χ2v) is 7.36. The van der Waals surface area contributed by atoms with Gasteiger partial charge in [0.15, 0.2) is 0 Å². The predicted molar refractivity (Wildman–Crippen MR) is 104 cm³/mol. The van der Waals surface area contributed by atoms with Crippen LogP contribution in [0.3, 0.4) is 0 Å². The summed E-state index contributed by atoms with van der Waals surface area (Å²) in [4.78, 5) is 32.7. The zero-order chi connectivity index (χ0) is 22.3. The number of amides is 1. The molecule has 31 heavy (non-hydrogen) atoms. The van der Waals surface area contributed by atoms with E-state index in [0.717, 1.165) is 0 Å². The molecular formula is C20H12BrF4N3O3. The minimum absolute atomic E-state index is 0.000334. The van der Waals surface area contributed by atoms with Gasteiger partial charge in [0, 0.05) is 30.3 Å². The summed E-state index contributed by atoms with van der Waals surface area (Å²) in [5.74, 6) is -3.50. The molecule has 1 N–H and O–H groups in total. The van der Waals surface area contributed by atoms with Crippen LogP contribution in [-0.2, 0) is 11.2 Å². The molecule has 3 aromatic rings. The van der Waals surface area contributed by atoms with Gasteiger partial charge in [-0.15, -0.1) is 0 Å². The molecule has 1 amide bonds. The van der Waals surface area contributed by atoms with Crippen LogP contribution in [0.5, 0.6) is 0 Å². The number of halogens is 5. The van der Waals surface area contributed by atoms with Crippen molar-refractivity contribution in [1.29, 1.82) is 0 Å². The highest BCUT2D eigenvalue weighted by atomic mass is 79.9. The van der Waals surface area contributed by atoms with Crippen LogP contribution in [0.25, 0.3) is 22.5 Å². The van der Waals surface area contributed by atoms with E-state index in [-0.39, 0.29) is 51.2 Å². The molecule has 3 heterocycles. The topological polar surface area (TPSA) is 73.2 Å². The van der Waals surface area contributed by atoms with Gasteiger partial charge in [0.2, 0.25) is 0 Å². The van der Waals surface area contributed by atoms with Crippen LogP contribution in [0.15, 0.2) is 47.1 Å². The summed E-state index contributed by atoms with van der Waals surface area (Å²) < 4.78 is 53.7. The second kappa shape index (κ2) is 7.80. The van der Waals surface area contributed by atoms with Crippen LogP contribution in [0.4, 0.5) is 17.6 Å². The quantitative estimate of drug-likeness (QED) is 0.556. The molecule has 6 nitrogen and oxygen atoms in total. The summed E-state index contributed by atoms with van der Waals surface area (Å²) in [5.41, 5.74) is 0.804. The third-order valence-electron chi connectivity index (χ3n) is 4.63. The monoisotopic (exact) mass is 497 g/mol. The molecule has 0 saturated heterocycles. The number of hydrogen-bond donors (Lipinski definition) is 1. The summed E-state index contributed by atoms with van der Waals surface area (Å²) >= 11 is 3.25. The lowest BCUT2D eigenvalue weighted by molar-refractivity contribution is -0.199. The molecule has 0 radical (unpaired) electrons. The van der Waals surface area contributed by atoms with E-state index in [2.05, 4.69) is 31.1 Å². The van der Waals surface area contributed by atoms with Crippen molar-refractivity contribution in [2.24, 2.45) is 0 Å². The Hall–Kier alpha value is -3.21. The Kier molecular flexibility index (Phi) is 5.29. The SMILES string of the molecule is O=C1NCCc2c1c(Br)c(-c1ccnc(-c3ccccc3F)c1)n2OC(=O)C(F)(F)F. The number of carbonyl (C=O) groups excluding carboxylic acids is 2. The molecular weight excluding hydrogens is 486 g/mol. The molecule has 0 aliphatic carbocycles. The van der Waals surface area contributed by atoms with Gasteiger partial charge in [0.1, 0.15) is 11.5 Å². The first kappa shape index (κ1) is 21.0. The normalized spacial score (nSPS) is 13.5. The van der Waals surface area contributed by atoms with E-state index >= 15 is 0 Å². The number of hydrogen-bond acceptors (Lipinski definition) is 4. The van der Waals surface area contributed by atoms with E-state index in [1.165, 1.54) is 36.5 Å².